The van der Waals surface area contributed by atoms with E-state index in [0.717, 1.165) is 0 Å². The number of rotatable bonds is 6. The second kappa shape index (κ2) is 6.11. The van der Waals surface area contributed by atoms with E-state index in [2.05, 4.69) is 4.74 Å². The van der Waals surface area contributed by atoms with Crippen LogP contribution < -0.4 is 0 Å². The van der Waals surface area contributed by atoms with E-state index in [-0.39, 0.29) is 12.4 Å². The number of ether oxygens (including phenoxy) is 1. The molecule has 0 spiro atoms. The average molecular weight is 175 g/mol. The molecule has 1 atom stereocenters. The molecule has 0 aromatic rings. The van der Waals surface area contributed by atoms with Crippen LogP contribution in [0.2, 0.25) is 0 Å². The Kier molecular flexibility index (Phi) is 5.88. The maximum Gasteiger partial charge on any atom is 0.172 e. The maximum absolute atomic E-state index is 11.0. The Morgan fingerprint density at radius 3 is 2.67 bits per heavy atom. The van der Waals surface area contributed by atoms with E-state index in [1.54, 1.807) is 18.9 Å². The molecule has 0 aromatic heterocycles. The van der Waals surface area contributed by atoms with Crippen molar-refractivity contribution < 1.29 is 14.6 Å². The van der Waals surface area contributed by atoms with Crippen LogP contribution in [0, 0.1) is 0 Å². The first-order chi connectivity index (χ1) is 5.56. The van der Waals surface area contributed by atoms with E-state index in [1.807, 2.05) is 0 Å². The van der Waals surface area contributed by atoms with Crippen molar-refractivity contribution in [3.8, 4) is 0 Å². The highest BCUT2D eigenvalue weighted by Gasteiger charge is 2.07. The van der Waals surface area contributed by atoms with Gasteiger partial charge < -0.3 is 9.84 Å². The lowest BCUT2D eigenvalue weighted by atomic mass is 10.3. The second-order valence-corrected chi connectivity index (χ2v) is 3.02. The van der Waals surface area contributed by atoms with Gasteiger partial charge in [0.05, 0.1) is 12.6 Å². The quantitative estimate of drug-likeness (QED) is 0.592. The van der Waals surface area contributed by atoms with Gasteiger partial charge in [-0.1, -0.05) is 0 Å². The molecule has 4 heteroatoms. The van der Waals surface area contributed by atoms with Crippen LogP contribution in [0.5, 0.6) is 0 Å². The summed E-state index contributed by atoms with van der Waals surface area (Å²) < 4.78 is 4.67. The van der Waals surface area contributed by atoms with E-state index in [9.17, 15) is 4.79 Å². The molecule has 0 aliphatic rings. The number of carbonyl (C=O) groups is 1. The van der Waals surface area contributed by atoms with Crippen molar-refractivity contribution in [1.82, 2.24) is 4.90 Å². The predicted molar refractivity (Wildman–Crippen MR) is 46.1 cm³/mol. The van der Waals surface area contributed by atoms with Crippen molar-refractivity contribution in [1.29, 1.82) is 0 Å². The molecule has 72 valence electrons. The number of likely N-dealkylation sites (N-methyl/N-ethyl adjacent to an activating group) is 1. The van der Waals surface area contributed by atoms with Gasteiger partial charge in [-0.2, -0.15) is 0 Å². The molecule has 0 saturated carbocycles. The highest BCUT2D eigenvalue weighted by atomic mass is 16.5. The average Bonchev–Trinajstić information content (AvgIpc) is 1.84. The van der Waals surface area contributed by atoms with Gasteiger partial charge in [-0.05, 0) is 14.0 Å². The number of nitrogens with zero attached hydrogens (tertiary/aromatic N) is 1. The van der Waals surface area contributed by atoms with Crippen LogP contribution in [0.3, 0.4) is 0 Å². The molecule has 0 aliphatic heterocycles. The molecule has 0 saturated heterocycles. The Labute approximate surface area is 73.1 Å². The minimum atomic E-state index is -0.398. The van der Waals surface area contributed by atoms with Gasteiger partial charge in [-0.3, -0.25) is 9.69 Å². The van der Waals surface area contributed by atoms with Crippen molar-refractivity contribution in [3.63, 3.8) is 0 Å². The van der Waals surface area contributed by atoms with Gasteiger partial charge in [0.1, 0.15) is 6.61 Å². The number of ketones is 1. The topological polar surface area (TPSA) is 49.8 Å². The molecule has 0 radical (unpaired) electrons. The van der Waals surface area contributed by atoms with Crippen LogP contribution in [-0.4, -0.2) is 55.7 Å². The molecule has 1 N–H and O–H groups in total. The summed E-state index contributed by atoms with van der Waals surface area (Å²) in [7, 11) is 3.28. The van der Waals surface area contributed by atoms with Crippen LogP contribution in [0.1, 0.15) is 6.92 Å². The molecular weight excluding hydrogens is 158 g/mol. The van der Waals surface area contributed by atoms with E-state index in [4.69, 9.17) is 5.11 Å². The van der Waals surface area contributed by atoms with Gasteiger partial charge in [-0.25, -0.2) is 0 Å². The van der Waals surface area contributed by atoms with Gasteiger partial charge in [0.25, 0.3) is 0 Å². The smallest absolute Gasteiger partial charge is 0.172 e. The molecule has 0 rings (SSSR count). The molecule has 0 heterocycles. The van der Waals surface area contributed by atoms with Gasteiger partial charge in [0.2, 0.25) is 0 Å². The lowest BCUT2D eigenvalue weighted by molar-refractivity contribution is -0.123. The predicted octanol–water partition coefficient (Wildman–Crippen LogP) is -0.486. The monoisotopic (exact) mass is 175 g/mol. The van der Waals surface area contributed by atoms with Crippen molar-refractivity contribution >= 4 is 5.78 Å². The molecule has 0 bridgehead atoms. The summed E-state index contributed by atoms with van der Waals surface area (Å²) in [4.78, 5) is 12.8. The van der Waals surface area contributed by atoms with Gasteiger partial charge in [0, 0.05) is 13.7 Å². The van der Waals surface area contributed by atoms with E-state index in [0.29, 0.717) is 13.1 Å². The molecular formula is C8H17NO3. The molecule has 4 nitrogen and oxygen atoms in total. The van der Waals surface area contributed by atoms with Crippen molar-refractivity contribution in [2.75, 3.05) is 33.9 Å². The van der Waals surface area contributed by atoms with Crippen molar-refractivity contribution in [3.05, 3.63) is 0 Å². The third kappa shape index (κ3) is 6.27. The van der Waals surface area contributed by atoms with Crippen molar-refractivity contribution in [2.24, 2.45) is 0 Å². The van der Waals surface area contributed by atoms with Crippen LogP contribution in [0.4, 0.5) is 0 Å². The van der Waals surface area contributed by atoms with Gasteiger partial charge in [-0.15, -0.1) is 0 Å². The largest absolute Gasteiger partial charge is 0.392 e. The standard InChI is InChI=1S/C8H17NO3/c1-7(10)4-9(2)5-8(11)6-12-3/h7,10H,4-6H2,1-3H3. The van der Waals surface area contributed by atoms with Crippen LogP contribution in [0.25, 0.3) is 0 Å². The van der Waals surface area contributed by atoms with Gasteiger partial charge >= 0.3 is 0 Å². The Morgan fingerprint density at radius 1 is 1.67 bits per heavy atom. The maximum atomic E-state index is 11.0. The zero-order valence-corrected chi connectivity index (χ0v) is 7.91. The summed E-state index contributed by atoms with van der Waals surface area (Å²) in [5.74, 6) is 0.0284. The summed E-state index contributed by atoms with van der Waals surface area (Å²) in [6, 6.07) is 0. The molecule has 0 aliphatic carbocycles. The third-order valence-electron chi connectivity index (χ3n) is 1.33. The molecule has 0 aromatic carbocycles. The highest BCUT2D eigenvalue weighted by molar-refractivity contribution is 5.81. The van der Waals surface area contributed by atoms with E-state index < -0.39 is 6.10 Å². The zero-order valence-electron chi connectivity index (χ0n) is 7.91. The zero-order chi connectivity index (χ0) is 9.56. The Hall–Kier alpha value is -0.450. The van der Waals surface area contributed by atoms with Crippen LogP contribution in [0.15, 0.2) is 0 Å². The van der Waals surface area contributed by atoms with E-state index >= 15 is 0 Å². The fourth-order valence-corrected chi connectivity index (χ4v) is 1.02. The van der Waals surface area contributed by atoms with E-state index in [1.165, 1.54) is 7.11 Å². The summed E-state index contributed by atoms with van der Waals surface area (Å²) in [6.45, 7) is 2.68. The number of Topliss-reactive ketones (excluding diaryl/α,β-unsaturated/α-hetero) is 1. The number of aliphatic hydroxyl groups is 1. The van der Waals surface area contributed by atoms with Gasteiger partial charge in [0.15, 0.2) is 5.78 Å². The fourth-order valence-electron chi connectivity index (χ4n) is 1.02. The third-order valence-corrected chi connectivity index (χ3v) is 1.33. The number of carbonyl (C=O) groups excluding carboxylic acids is 1. The number of aliphatic hydroxyl groups excluding tert-OH is 1. The number of methoxy groups -OCH3 is 1. The highest BCUT2D eigenvalue weighted by Crippen LogP contribution is 1.88. The number of hydrogen-bond acceptors (Lipinski definition) is 4. The number of hydrogen-bond donors (Lipinski definition) is 1. The Morgan fingerprint density at radius 2 is 2.25 bits per heavy atom. The van der Waals surface area contributed by atoms with Crippen molar-refractivity contribution in [2.45, 2.75) is 13.0 Å². The lowest BCUT2D eigenvalue weighted by Gasteiger charge is -2.16. The normalized spacial score (nSPS) is 13.4. The Balaban J connectivity index is 3.54. The lowest BCUT2D eigenvalue weighted by Crippen LogP contribution is -2.33. The molecule has 12 heavy (non-hydrogen) atoms. The van der Waals surface area contributed by atoms with Crippen LogP contribution >= 0.6 is 0 Å². The molecule has 0 fully saturated rings. The summed E-state index contributed by atoms with van der Waals surface area (Å²) in [5, 5.41) is 8.98. The second-order valence-electron chi connectivity index (χ2n) is 3.02. The first-order valence-corrected chi connectivity index (χ1v) is 3.93. The first-order valence-electron chi connectivity index (χ1n) is 3.93. The Bertz CT molecular complexity index is 136. The first kappa shape index (κ1) is 11.6. The van der Waals surface area contributed by atoms with Crippen LogP contribution in [-0.2, 0) is 9.53 Å². The summed E-state index contributed by atoms with van der Waals surface area (Å²) in [5.41, 5.74) is 0. The molecule has 1 unspecified atom stereocenters. The fraction of sp³-hybridized carbons (Fsp3) is 0.875. The molecule has 0 amide bonds. The SMILES string of the molecule is COCC(=O)CN(C)CC(C)O. The summed E-state index contributed by atoms with van der Waals surface area (Å²) in [6.07, 6.45) is -0.398. The minimum absolute atomic E-state index is 0.0284. The minimum Gasteiger partial charge on any atom is -0.392 e. The summed E-state index contributed by atoms with van der Waals surface area (Å²) >= 11 is 0.